The van der Waals surface area contributed by atoms with Gasteiger partial charge >= 0.3 is 0 Å². The van der Waals surface area contributed by atoms with Gasteiger partial charge in [0.25, 0.3) is 0 Å². The third kappa shape index (κ3) is 7.59. The molecule has 1 unspecified atom stereocenters. The normalized spacial score (nSPS) is 13.8. The van der Waals surface area contributed by atoms with E-state index < -0.39 is 0 Å². The number of hydrogen-bond donors (Lipinski definition) is 0. The van der Waals surface area contributed by atoms with Crippen molar-refractivity contribution in [1.29, 1.82) is 0 Å². The van der Waals surface area contributed by atoms with Gasteiger partial charge in [-0.05, 0) is 43.9 Å². The van der Waals surface area contributed by atoms with Crippen LogP contribution in [0.4, 0.5) is 0 Å². The Morgan fingerprint density at radius 1 is 0.958 bits per heavy atom. The van der Waals surface area contributed by atoms with Gasteiger partial charge in [0.2, 0.25) is 0 Å². The van der Waals surface area contributed by atoms with Crippen LogP contribution in [0.3, 0.4) is 0 Å². The third-order valence-electron chi connectivity index (χ3n) is 4.91. The lowest BCUT2D eigenvalue weighted by Crippen LogP contribution is -2.44. The van der Waals surface area contributed by atoms with E-state index >= 15 is 0 Å². The average Bonchev–Trinajstić information content (AvgIpc) is 2.44. The lowest BCUT2D eigenvalue weighted by atomic mass is 9.69. The van der Waals surface area contributed by atoms with Crippen molar-refractivity contribution in [2.75, 3.05) is 0 Å². The summed E-state index contributed by atoms with van der Waals surface area (Å²) in [6.07, 6.45) is 9.33. The minimum atomic E-state index is -0.178. The van der Waals surface area contributed by atoms with Gasteiger partial charge < -0.3 is 4.74 Å². The summed E-state index contributed by atoms with van der Waals surface area (Å²) in [5.74, 6) is 1.47. The molecule has 0 aliphatic carbocycles. The number of rotatable bonds is 10. The molecular formula is C22H37BrO. The lowest BCUT2D eigenvalue weighted by Gasteiger charge is -2.43. The second-order valence-electron chi connectivity index (χ2n) is 8.64. The Hall–Kier alpha value is -0.500. The molecule has 0 aromatic heterocycles. The summed E-state index contributed by atoms with van der Waals surface area (Å²) in [7, 11) is 0. The van der Waals surface area contributed by atoms with Gasteiger partial charge in [0, 0.05) is 10.4 Å². The Balaban J connectivity index is 2.68. The molecule has 0 aliphatic heterocycles. The fourth-order valence-electron chi connectivity index (χ4n) is 3.86. The summed E-state index contributed by atoms with van der Waals surface area (Å²) >= 11 is 3.54. The molecule has 0 heterocycles. The molecule has 1 rings (SSSR count). The van der Waals surface area contributed by atoms with Crippen molar-refractivity contribution in [3.05, 3.63) is 28.7 Å². The highest BCUT2D eigenvalue weighted by Crippen LogP contribution is 2.41. The van der Waals surface area contributed by atoms with Crippen molar-refractivity contribution in [3.8, 4) is 5.75 Å². The molecule has 1 atom stereocenters. The van der Waals surface area contributed by atoms with E-state index in [9.17, 15) is 0 Å². The Kier molecular flexibility index (Phi) is 8.84. The molecule has 2 heteroatoms. The summed E-state index contributed by atoms with van der Waals surface area (Å²) in [6, 6.07) is 8.19. The van der Waals surface area contributed by atoms with Crippen LogP contribution in [0.2, 0.25) is 0 Å². The van der Waals surface area contributed by atoms with E-state index in [2.05, 4.69) is 69.6 Å². The monoisotopic (exact) mass is 396 g/mol. The lowest BCUT2D eigenvalue weighted by molar-refractivity contribution is -0.0168. The predicted molar refractivity (Wildman–Crippen MR) is 110 cm³/mol. The van der Waals surface area contributed by atoms with Crippen molar-refractivity contribution in [2.24, 2.45) is 11.3 Å². The van der Waals surface area contributed by atoms with Gasteiger partial charge in [-0.3, -0.25) is 0 Å². The molecule has 1 nitrogen and oxygen atoms in total. The summed E-state index contributed by atoms with van der Waals surface area (Å²) < 4.78 is 7.51. The second-order valence-corrected chi connectivity index (χ2v) is 9.55. The van der Waals surface area contributed by atoms with Crippen molar-refractivity contribution < 1.29 is 4.74 Å². The number of halogens is 1. The van der Waals surface area contributed by atoms with E-state index in [1.807, 2.05) is 12.1 Å². The van der Waals surface area contributed by atoms with Crippen molar-refractivity contribution in [2.45, 2.75) is 92.1 Å². The minimum Gasteiger partial charge on any atom is -0.488 e. The Labute approximate surface area is 158 Å². The topological polar surface area (TPSA) is 9.23 Å². The maximum Gasteiger partial charge on any atom is 0.121 e. The largest absolute Gasteiger partial charge is 0.488 e. The van der Waals surface area contributed by atoms with Gasteiger partial charge in [-0.15, -0.1) is 0 Å². The molecule has 1 aromatic rings. The molecule has 24 heavy (non-hydrogen) atoms. The molecule has 0 radical (unpaired) electrons. The van der Waals surface area contributed by atoms with Gasteiger partial charge in [0.15, 0.2) is 0 Å². The number of hydrogen-bond acceptors (Lipinski definition) is 1. The summed E-state index contributed by atoms with van der Waals surface area (Å²) in [6.45, 7) is 13.8. The SMILES string of the molecule is CCCCCCCCC(C(C)(C)C)C(C)(C)Oc1cccc(Br)c1. The van der Waals surface area contributed by atoms with Crippen LogP contribution in [0.25, 0.3) is 0 Å². The van der Waals surface area contributed by atoms with Gasteiger partial charge in [0.1, 0.15) is 11.4 Å². The van der Waals surface area contributed by atoms with Gasteiger partial charge in [-0.2, -0.15) is 0 Å². The molecular weight excluding hydrogens is 360 g/mol. The first-order valence-electron chi connectivity index (χ1n) is 9.61. The minimum absolute atomic E-state index is 0.178. The van der Waals surface area contributed by atoms with Crippen LogP contribution in [0, 0.1) is 11.3 Å². The quantitative estimate of drug-likeness (QED) is 0.363. The molecule has 0 fully saturated rings. The standard InChI is InChI=1S/C22H37BrO/c1-7-8-9-10-11-12-16-20(21(2,3)4)22(5,6)24-19-15-13-14-18(23)17-19/h13-15,17,20H,7-12,16H2,1-6H3. The molecule has 0 aliphatic rings. The fraction of sp³-hybridized carbons (Fsp3) is 0.727. The first kappa shape index (κ1) is 21.5. The molecule has 0 saturated carbocycles. The number of benzene rings is 1. The van der Waals surface area contributed by atoms with E-state index in [1.54, 1.807) is 0 Å². The van der Waals surface area contributed by atoms with Crippen LogP contribution in [-0.4, -0.2) is 5.60 Å². The highest BCUT2D eigenvalue weighted by atomic mass is 79.9. The van der Waals surface area contributed by atoms with Gasteiger partial charge in [-0.25, -0.2) is 0 Å². The van der Waals surface area contributed by atoms with Crippen LogP contribution in [0.5, 0.6) is 5.75 Å². The first-order valence-corrected chi connectivity index (χ1v) is 10.4. The smallest absolute Gasteiger partial charge is 0.121 e. The zero-order chi connectivity index (χ0) is 18.2. The van der Waals surface area contributed by atoms with E-state index in [0.29, 0.717) is 5.92 Å². The highest BCUT2D eigenvalue weighted by molar-refractivity contribution is 9.10. The predicted octanol–water partition coefficient (Wildman–Crippen LogP) is 8.02. The number of unbranched alkanes of at least 4 members (excludes halogenated alkanes) is 5. The number of ether oxygens (including phenoxy) is 1. The zero-order valence-electron chi connectivity index (χ0n) is 16.6. The maximum absolute atomic E-state index is 6.44. The first-order chi connectivity index (χ1) is 11.2. The highest BCUT2D eigenvalue weighted by Gasteiger charge is 2.39. The third-order valence-corrected chi connectivity index (χ3v) is 5.40. The summed E-state index contributed by atoms with van der Waals surface area (Å²) in [5, 5.41) is 0. The van der Waals surface area contributed by atoms with Crippen LogP contribution in [-0.2, 0) is 0 Å². The summed E-state index contributed by atoms with van der Waals surface area (Å²) in [5.41, 5.74) is 0.0569. The molecule has 0 N–H and O–H groups in total. The maximum atomic E-state index is 6.44. The van der Waals surface area contributed by atoms with Gasteiger partial charge in [0.05, 0.1) is 0 Å². The zero-order valence-corrected chi connectivity index (χ0v) is 18.2. The Morgan fingerprint density at radius 3 is 2.17 bits per heavy atom. The fourth-order valence-corrected chi connectivity index (χ4v) is 4.24. The molecule has 138 valence electrons. The van der Waals surface area contributed by atoms with E-state index in [0.717, 1.165) is 10.2 Å². The van der Waals surface area contributed by atoms with Gasteiger partial charge in [-0.1, -0.05) is 88.2 Å². The van der Waals surface area contributed by atoms with Crippen LogP contribution in [0.1, 0.15) is 86.5 Å². The molecule has 0 saturated heterocycles. The molecule has 0 spiro atoms. The van der Waals surface area contributed by atoms with E-state index in [-0.39, 0.29) is 11.0 Å². The van der Waals surface area contributed by atoms with Crippen molar-refractivity contribution >= 4 is 15.9 Å². The van der Waals surface area contributed by atoms with Crippen LogP contribution in [0.15, 0.2) is 28.7 Å². The van der Waals surface area contributed by atoms with E-state index in [4.69, 9.17) is 4.74 Å². The second kappa shape index (κ2) is 9.85. The summed E-state index contributed by atoms with van der Waals surface area (Å²) in [4.78, 5) is 0. The van der Waals surface area contributed by atoms with E-state index in [1.165, 1.54) is 44.9 Å². The Bertz CT molecular complexity index is 473. The van der Waals surface area contributed by atoms with Crippen LogP contribution < -0.4 is 4.74 Å². The Morgan fingerprint density at radius 2 is 1.58 bits per heavy atom. The molecule has 0 amide bonds. The van der Waals surface area contributed by atoms with Crippen molar-refractivity contribution in [3.63, 3.8) is 0 Å². The average molecular weight is 397 g/mol. The van der Waals surface area contributed by atoms with Crippen molar-refractivity contribution in [1.82, 2.24) is 0 Å². The molecule has 1 aromatic carbocycles. The van der Waals surface area contributed by atoms with Crippen LogP contribution >= 0.6 is 15.9 Å². The molecule has 0 bridgehead atoms.